The third-order valence-electron chi connectivity index (χ3n) is 4.58. The lowest BCUT2D eigenvalue weighted by molar-refractivity contribution is 0.0755. The van der Waals surface area contributed by atoms with Crippen LogP contribution in [0.15, 0.2) is 30.3 Å². The van der Waals surface area contributed by atoms with E-state index in [-0.39, 0.29) is 5.91 Å². The van der Waals surface area contributed by atoms with E-state index in [0.29, 0.717) is 11.6 Å². The molecule has 2 aromatic rings. The van der Waals surface area contributed by atoms with Crippen LogP contribution >= 0.6 is 0 Å². The first kappa shape index (κ1) is 17.4. The minimum Gasteiger partial charge on any atom is -0.337 e. The van der Waals surface area contributed by atoms with E-state index in [1.165, 1.54) is 18.4 Å². The molecule has 5 nitrogen and oxygen atoms in total. The second-order valence-electron chi connectivity index (χ2n) is 6.60. The molecule has 1 aromatic heterocycles. The fourth-order valence-electron chi connectivity index (χ4n) is 3.12. The molecule has 0 atom stereocenters. The van der Waals surface area contributed by atoms with Crippen molar-refractivity contribution < 1.29 is 4.79 Å². The van der Waals surface area contributed by atoms with Crippen LogP contribution in [0.5, 0.6) is 0 Å². The molecular weight excluding hydrogens is 312 g/mol. The standard InChI is InChI=1S/C20H26N4O/c1-3-16-8-10-17(11-9-16)22-20-21-15(2)14-18(23-20)19(25)24-12-6-4-5-7-13-24/h8-11,14H,3-7,12-13H2,1-2H3,(H,21,22,23). The van der Waals surface area contributed by atoms with Crippen LogP contribution < -0.4 is 5.32 Å². The molecule has 0 bridgehead atoms. The van der Waals surface area contributed by atoms with E-state index in [2.05, 4.69) is 34.3 Å². The molecule has 25 heavy (non-hydrogen) atoms. The smallest absolute Gasteiger partial charge is 0.272 e. The summed E-state index contributed by atoms with van der Waals surface area (Å²) in [6, 6.07) is 9.98. The van der Waals surface area contributed by atoms with Gasteiger partial charge in [-0.3, -0.25) is 4.79 Å². The molecule has 0 unspecified atom stereocenters. The first-order valence-corrected chi connectivity index (χ1v) is 9.16. The summed E-state index contributed by atoms with van der Waals surface area (Å²) < 4.78 is 0. The van der Waals surface area contributed by atoms with Crippen molar-refractivity contribution in [3.8, 4) is 0 Å². The predicted octanol–water partition coefficient (Wildman–Crippen LogP) is 4.11. The largest absolute Gasteiger partial charge is 0.337 e. The second-order valence-corrected chi connectivity index (χ2v) is 6.60. The summed E-state index contributed by atoms with van der Waals surface area (Å²) in [4.78, 5) is 23.6. The number of benzene rings is 1. The zero-order valence-electron chi connectivity index (χ0n) is 15.1. The topological polar surface area (TPSA) is 58.1 Å². The number of aryl methyl sites for hydroxylation is 2. The van der Waals surface area contributed by atoms with Crippen molar-refractivity contribution in [3.05, 3.63) is 47.3 Å². The van der Waals surface area contributed by atoms with E-state index < -0.39 is 0 Å². The van der Waals surface area contributed by atoms with Gasteiger partial charge in [0.2, 0.25) is 5.95 Å². The van der Waals surface area contributed by atoms with Crippen LogP contribution in [-0.2, 0) is 6.42 Å². The Hall–Kier alpha value is -2.43. The zero-order valence-corrected chi connectivity index (χ0v) is 15.1. The lowest BCUT2D eigenvalue weighted by Gasteiger charge is -2.20. The van der Waals surface area contributed by atoms with E-state index in [0.717, 1.165) is 43.7 Å². The Morgan fingerprint density at radius 1 is 1.08 bits per heavy atom. The van der Waals surface area contributed by atoms with Gasteiger partial charge in [0.25, 0.3) is 5.91 Å². The number of rotatable bonds is 4. The molecule has 1 N–H and O–H groups in total. The summed E-state index contributed by atoms with van der Waals surface area (Å²) in [7, 11) is 0. The average Bonchev–Trinajstić information content (AvgIpc) is 2.90. The summed E-state index contributed by atoms with van der Waals surface area (Å²) in [5.74, 6) is 0.485. The van der Waals surface area contributed by atoms with Gasteiger partial charge in [0.05, 0.1) is 0 Å². The van der Waals surface area contributed by atoms with Crippen LogP contribution in [0.25, 0.3) is 0 Å². The Labute approximate surface area is 149 Å². The number of amides is 1. The fourth-order valence-corrected chi connectivity index (χ4v) is 3.12. The molecule has 0 radical (unpaired) electrons. The summed E-state index contributed by atoms with van der Waals surface area (Å²) in [5, 5.41) is 3.21. The number of likely N-dealkylation sites (tertiary alicyclic amines) is 1. The van der Waals surface area contributed by atoms with Crippen molar-refractivity contribution >= 4 is 17.5 Å². The molecule has 1 amide bonds. The lowest BCUT2D eigenvalue weighted by Crippen LogP contribution is -2.32. The number of carbonyl (C=O) groups excluding carboxylic acids is 1. The Bertz CT molecular complexity index is 719. The van der Waals surface area contributed by atoms with Crippen LogP contribution in [-0.4, -0.2) is 33.9 Å². The zero-order chi connectivity index (χ0) is 17.6. The van der Waals surface area contributed by atoms with Crippen molar-refractivity contribution in [2.75, 3.05) is 18.4 Å². The number of anilines is 2. The number of aromatic nitrogens is 2. The van der Waals surface area contributed by atoms with Crippen LogP contribution in [0.3, 0.4) is 0 Å². The van der Waals surface area contributed by atoms with Gasteiger partial charge in [0.15, 0.2) is 0 Å². The quantitative estimate of drug-likeness (QED) is 0.911. The van der Waals surface area contributed by atoms with Crippen molar-refractivity contribution in [1.82, 2.24) is 14.9 Å². The van der Waals surface area contributed by atoms with Crippen LogP contribution in [0, 0.1) is 6.92 Å². The van der Waals surface area contributed by atoms with Gasteiger partial charge in [0.1, 0.15) is 5.69 Å². The van der Waals surface area contributed by atoms with Crippen LogP contribution in [0.4, 0.5) is 11.6 Å². The number of hydrogen-bond donors (Lipinski definition) is 1. The van der Waals surface area contributed by atoms with Gasteiger partial charge in [-0.05, 0) is 49.9 Å². The molecule has 3 rings (SSSR count). The highest BCUT2D eigenvalue weighted by molar-refractivity contribution is 5.92. The van der Waals surface area contributed by atoms with Crippen molar-refractivity contribution in [2.24, 2.45) is 0 Å². The molecule has 0 saturated carbocycles. The van der Waals surface area contributed by atoms with Gasteiger partial charge < -0.3 is 10.2 Å². The summed E-state index contributed by atoms with van der Waals surface area (Å²) >= 11 is 0. The summed E-state index contributed by atoms with van der Waals surface area (Å²) in [6.07, 6.45) is 5.56. The van der Waals surface area contributed by atoms with Gasteiger partial charge >= 0.3 is 0 Å². The Morgan fingerprint density at radius 2 is 1.76 bits per heavy atom. The molecule has 1 fully saturated rings. The molecule has 5 heteroatoms. The third-order valence-corrected chi connectivity index (χ3v) is 4.58. The third kappa shape index (κ3) is 4.56. The number of nitrogens with one attached hydrogen (secondary N) is 1. The predicted molar refractivity (Wildman–Crippen MR) is 100 cm³/mol. The molecule has 2 heterocycles. The Morgan fingerprint density at radius 3 is 2.40 bits per heavy atom. The first-order valence-electron chi connectivity index (χ1n) is 9.16. The molecular formula is C20H26N4O. The van der Waals surface area contributed by atoms with Gasteiger partial charge in [0, 0.05) is 24.5 Å². The molecule has 1 aliphatic rings. The normalized spacial score (nSPS) is 14.9. The van der Waals surface area contributed by atoms with Crippen molar-refractivity contribution in [2.45, 2.75) is 46.0 Å². The monoisotopic (exact) mass is 338 g/mol. The Balaban J connectivity index is 1.78. The summed E-state index contributed by atoms with van der Waals surface area (Å²) in [5.41, 5.74) is 3.48. The molecule has 0 spiro atoms. The number of hydrogen-bond acceptors (Lipinski definition) is 4. The fraction of sp³-hybridized carbons (Fsp3) is 0.450. The maximum absolute atomic E-state index is 12.8. The van der Waals surface area contributed by atoms with Gasteiger partial charge in [-0.15, -0.1) is 0 Å². The van der Waals surface area contributed by atoms with E-state index in [9.17, 15) is 4.79 Å². The van der Waals surface area contributed by atoms with E-state index in [1.54, 1.807) is 6.07 Å². The van der Waals surface area contributed by atoms with Gasteiger partial charge in [-0.2, -0.15) is 0 Å². The minimum atomic E-state index is 0.0109. The second kappa shape index (κ2) is 8.10. The first-order chi connectivity index (χ1) is 12.2. The molecule has 1 aromatic carbocycles. The number of carbonyl (C=O) groups is 1. The molecule has 132 valence electrons. The molecule has 0 aliphatic carbocycles. The number of nitrogens with zero attached hydrogens (tertiary/aromatic N) is 3. The summed E-state index contributed by atoms with van der Waals surface area (Å²) in [6.45, 7) is 5.67. The van der Waals surface area contributed by atoms with E-state index >= 15 is 0 Å². The maximum Gasteiger partial charge on any atom is 0.272 e. The SMILES string of the molecule is CCc1ccc(Nc2nc(C)cc(C(=O)N3CCCCCC3)n2)cc1. The van der Waals surface area contributed by atoms with Gasteiger partial charge in [-0.25, -0.2) is 9.97 Å². The maximum atomic E-state index is 12.8. The highest BCUT2D eigenvalue weighted by atomic mass is 16.2. The highest BCUT2D eigenvalue weighted by Crippen LogP contribution is 2.17. The minimum absolute atomic E-state index is 0.0109. The van der Waals surface area contributed by atoms with E-state index in [4.69, 9.17) is 0 Å². The van der Waals surface area contributed by atoms with Crippen LogP contribution in [0.2, 0.25) is 0 Å². The van der Waals surface area contributed by atoms with Crippen LogP contribution in [0.1, 0.15) is 54.4 Å². The van der Waals surface area contributed by atoms with Crippen molar-refractivity contribution in [1.29, 1.82) is 0 Å². The van der Waals surface area contributed by atoms with Gasteiger partial charge in [-0.1, -0.05) is 31.9 Å². The highest BCUT2D eigenvalue weighted by Gasteiger charge is 2.19. The average molecular weight is 338 g/mol. The van der Waals surface area contributed by atoms with Crippen molar-refractivity contribution in [3.63, 3.8) is 0 Å². The molecule has 1 aliphatic heterocycles. The lowest BCUT2D eigenvalue weighted by atomic mass is 10.1. The van der Waals surface area contributed by atoms with E-state index in [1.807, 2.05) is 24.0 Å². The Kier molecular flexibility index (Phi) is 5.64. The molecule has 1 saturated heterocycles.